The Morgan fingerprint density at radius 1 is 1.00 bits per heavy atom. The average molecular weight is 409 g/mol. The maximum absolute atomic E-state index is 9.91. The van der Waals surface area contributed by atoms with Crippen molar-refractivity contribution in [1.82, 2.24) is 14.8 Å². The first-order chi connectivity index (χ1) is 14.8. The Balaban J connectivity index is 1.62. The fourth-order valence-corrected chi connectivity index (χ4v) is 4.91. The van der Waals surface area contributed by atoms with Crippen molar-refractivity contribution < 1.29 is 0 Å². The first kappa shape index (κ1) is 18.5. The molecule has 2 aromatic carbocycles. The monoisotopic (exact) mass is 408 g/mol. The molecule has 0 saturated heterocycles. The minimum Gasteiger partial charge on any atom is -0.240 e. The van der Waals surface area contributed by atoms with Crippen LogP contribution in [-0.2, 0) is 12.8 Å². The zero-order chi connectivity index (χ0) is 20.3. The molecule has 5 rings (SSSR count). The number of fused-ring (bicyclic) bond motifs is 1. The molecule has 0 radical (unpaired) electrons. The number of thiazole rings is 1. The Morgan fingerprint density at radius 3 is 2.47 bits per heavy atom. The zero-order valence-corrected chi connectivity index (χ0v) is 17.3. The standard InChI is InChI=1S/C25H20N4S/c26-16-19(25-27-22-13-7-8-14-23(22)30-25)15-20-17-29(21-11-5-2-6-12-21)28-24(20)18-9-3-1-4-10-18/h1-6,9-12,15,17H,7-8,13-14H2/b19-15+. The highest BCUT2D eigenvalue weighted by molar-refractivity contribution is 7.13. The van der Waals surface area contributed by atoms with Gasteiger partial charge in [-0.3, -0.25) is 0 Å². The van der Waals surface area contributed by atoms with Gasteiger partial charge in [-0.25, -0.2) is 9.67 Å². The maximum atomic E-state index is 9.91. The molecule has 5 heteroatoms. The van der Waals surface area contributed by atoms with Gasteiger partial charge in [0.05, 0.1) is 22.6 Å². The van der Waals surface area contributed by atoms with Crippen LogP contribution in [0.15, 0.2) is 66.9 Å². The molecule has 4 aromatic rings. The molecule has 0 atom stereocenters. The Labute approximate surface area is 179 Å². The van der Waals surface area contributed by atoms with Gasteiger partial charge in [-0.1, -0.05) is 48.5 Å². The Kier molecular flexibility index (Phi) is 5.00. The molecular weight excluding hydrogens is 388 g/mol. The third kappa shape index (κ3) is 3.58. The molecule has 0 N–H and O–H groups in total. The van der Waals surface area contributed by atoms with Gasteiger partial charge < -0.3 is 0 Å². The van der Waals surface area contributed by atoms with E-state index in [0.29, 0.717) is 5.57 Å². The van der Waals surface area contributed by atoms with Crippen molar-refractivity contribution in [2.24, 2.45) is 0 Å². The molecule has 0 aliphatic heterocycles. The summed E-state index contributed by atoms with van der Waals surface area (Å²) in [6.07, 6.45) is 8.41. The van der Waals surface area contributed by atoms with E-state index in [-0.39, 0.29) is 0 Å². The number of rotatable bonds is 4. The molecule has 1 aliphatic rings. The van der Waals surface area contributed by atoms with Crippen LogP contribution in [0.25, 0.3) is 28.6 Å². The van der Waals surface area contributed by atoms with Crippen molar-refractivity contribution in [3.63, 3.8) is 0 Å². The Bertz CT molecular complexity index is 1220. The van der Waals surface area contributed by atoms with Crippen molar-refractivity contribution in [1.29, 1.82) is 5.26 Å². The van der Waals surface area contributed by atoms with Gasteiger partial charge >= 0.3 is 0 Å². The lowest BCUT2D eigenvalue weighted by Crippen LogP contribution is -1.99. The second-order valence-electron chi connectivity index (χ2n) is 7.35. The van der Waals surface area contributed by atoms with E-state index in [4.69, 9.17) is 10.1 Å². The number of aromatic nitrogens is 3. The highest BCUT2D eigenvalue weighted by atomic mass is 32.1. The van der Waals surface area contributed by atoms with Crippen LogP contribution in [0.1, 0.15) is 34.0 Å². The predicted molar refractivity (Wildman–Crippen MR) is 121 cm³/mol. The summed E-state index contributed by atoms with van der Waals surface area (Å²) in [6.45, 7) is 0. The van der Waals surface area contributed by atoms with Crippen LogP contribution in [-0.4, -0.2) is 14.8 Å². The van der Waals surface area contributed by atoms with Gasteiger partial charge in [-0.15, -0.1) is 11.3 Å². The average Bonchev–Trinajstić information content (AvgIpc) is 3.43. The minimum absolute atomic E-state index is 0.596. The van der Waals surface area contributed by atoms with E-state index < -0.39 is 0 Å². The first-order valence-electron chi connectivity index (χ1n) is 10.1. The number of hydrogen-bond donors (Lipinski definition) is 0. The van der Waals surface area contributed by atoms with E-state index in [1.807, 2.05) is 77.6 Å². The van der Waals surface area contributed by atoms with Crippen LogP contribution < -0.4 is 0 Å². The third-order valence-electron chi connectivity index (χ3n) is 5.31. The van der Waals surface area contributed by atoms with E-state index in [0.717, 1.165) is 40.4 Å². The summed E-state index contributed by atoms with van der Waals surface area (Å²) in [5, 5.41) is 15.6. The van der Waals surface area contributed by atoms with Crippen molar-refractivity contribution in [2.75, 3.05) is 0 Å². The molecule has 146 valence electrons. The van der Waals surface area contributed by atoms with Gasteiger partial charge in [0.25, 0.3) is 0 Å². The topological polar surface area (TPSA) is 54.5 Å². The molecule has 30 heavy (non-hydrogen) atoms. The van der Waals surface area contributed by atoms with E-state index in [2.05, 4.69) is 6.07 Å². The van der Waals surface area contributed by atoms with Gasteiger partial charge in [0.1, 0.15) is 11.1 Å². The highest BCUT2D eigenvalue weighted by Crippen LogP contribution is 2.32. The van der Waals surface area contributed by atoms with Crippen LogP contribution in [0.3, 0.4) is 0 Å². The number of hydrogen-bond acceptors (Lipinski definition) is 4. The van der Waals surface area contributed by atoms with Gasteiger partial charge in [0.2, 0.25) is 0 Å². The molecule has 4 nitrogen and oxygen atoms in total. The first-order valence-corrected chi connectivity index (χ1v) is 10.9. The van der Waals surface area contributed by atoms with Gasteiger partial charge in [-0.05, 0) is 43.9 Å². The summed E-state index contributed by atoms with van der Waals surface area (Å²) in [5.74, 6) is 0. The normalized spacial score (nSPS) is 13.6. The summed E-state index contributed by atoms with van der Waals surface area (Å²) in [7, 11) is 0. The number of aryl methyl sites for hydroxylation is 2. The number of para-hydroxylation sites is 1. The fraction of sp³-hybridized carbons (Fsp3) is 0.160. The SMILES string of the molecule is N#C/C(=C\c1cn(-c2ccccc2)nc1-c1ccccc1)c1nc2c(s1)CCCC2. The number of nitriles is 1. The Hall–Kier alpha value is -3.49. The zero-order valence-electron chi connectivity index (χ0n) is 16.5. The van der Waals surface area contributed by atoms with Crippen molar-refractivity contribution in [3.05, 3.63) is 88.0 Å². The second-order valence-corrected chi connectivity index (χ2v) is 8.43. The van der Waals surface area contributed by atoms with Crippen LogP contribution in [0.4, 0.5) is 0 Å². The van der Waals surface area contributed by atoms with Crippen molar-refractivity contribution in [2.45, 2.75) is 25.7 Å². The fourth-order valence-electron chi connectivity index (χ4n) is 3.79. The number of allylic oxidation sites excluding steroid dienone is 1. The molecule has 0 unspecified atom stereocenters. The molecule has 0 fully saturated rings. The smallest absolute Gasteiger partial charge is 0.134 e. The van der Waals surface area contributed by atoms with E-state index in [1.165, 1.54) is 23.4 Å². The number of nitrogens with zero attached hydrogens (tertiary/aromatic N) is 4. The number of benzene rings is 2. The Morgan fingerprint density at radius 2 is 1.73 bits per heavy atom. The van der Waals surface area contributed by atoms with E-state index in [9.17, 15) is 5.26 Å². The van der Waals surface area contributed by atoms with Crippen molar-refractivity contribution in [3.8, 4) is 23.0 Å². The summed E-state index contributed by atoms with van der Waals surface area (Å²) < 4.78 is 1.87. The van der Waals surface area contributed by atoms with Gasteiger partial charge in [0, 0.05) is 22.2 Å². The predicted octanol–water partition coefficient (Wildman–Crippen LogP) is 5.94. The molecule has 2 aromatic heterocycles. The largest absolute Gasteiger partial charge is 0.240 e. The minimum atomic E-state index is 0.596. The third-order valence-corrected chi connectivity index (χ3v) is 6.50. The van der Waals surface area contributed by atoms with Crippen molar-refractivity contribution >= 4 is 23.0 Å². The molecule has 1 aliphatic carbocycles. The summed E-state index contributed by atoms with van der Waals surface area (Å²) in [6, 6.07) is 22.5. The maximum Gasteiger partial charge on any atom is 0.134 e. The highest BCUT2D eigenvalue weighted by Gasteiger charge is 2.18. The van der Waals surface area contributed by atoms with Crippen LogP contribution >= 0.6 is 11.3 Å². The second kappa shape index (κ2) is 8.10. The van der Waals surface area contributed by atoms with Gasteiger partial charge in [0.15, 0.2) is 0 Å². The summed E-state index contributed by atoms with van der Waals surface area (Å²) in [4.78, 5) is 6.12. The lowest BCUT2D eigenvalue weighted by Gasteiger charge is -2.06. The van der Waals surface area contributed by atoms with Crippen LogP contribution in [0, 0.1) is 11.3 Å². The summed E-state index contributed by atoms with van der Waals surface area (Å²) >= 11 is 1.66. The molecular formula is C25H20N4S. The lowest BCUT2D eigenvalue weighted by atomic mass is 10.0. The molecule has 2 heterocycles. The summed E-state index contributed by atoms with van der Waals surface area (Å²) in [5.41, 5.74) is 5.54. The van der Waals surface area contributed by atoms with Crippen LogP contribution in [0.5, 0.6) is 0 Å². The van der Waals surface area contributed by atoms with E-state index >= 15 is 0 Å². The quantitative estimate of drug-likeness (QED) is 0.393. The molecule has 0 amide bonds. The van der Waals surface area contributed by atoms with E-state index in [1.54, 1.807) is 11.3 Å². The lowest BCUT2D eigenvalue weighted by molar-refractivity contribution is 0.682. The van der Waals surface area contributed by atoms with Gasteiger partial charge in [-0.2, -0.15) is 10.4 Å². The van der Waals surface area contributed by atoms with Crippen LogP contribution in [0.2, 0.25) is 0 Å². The molecule has 0 spiro atoms. The molecule has 0 saturated carbocycles. The molecule has 0 bridgehead atoms.